The molecule has 1 aromatic carbocycles. The summed E-state index contributed by atoms with van der Waals surface area (Å²) in [7, 11) is 0. The van der Waals surface area contributed by atoms with Crippen LogP contribution in [0, 0.1) is 0 Å². The van der Waals surface area contributed by atoms with Crippen molar-refractivity contribution in [1.82, 2.24) is 10.3 Å². The molecule has 0 radical (unpaired) electrons. The molecular weight excluding hydrogens is 242 g/mol. The number of nitrogens with one attached hydrogen (secondary N) is 1. The van der Waals surface area contributed by atoms with Gasteiger partial charge in [-0.2, -0.15) is 0 Å². The summed E-state index contributed by atoms with van der Waals surface area (Å²) < 4.78 is 5.37. The van der Waals surface area contributed by atoms with E-state index in [-0.39, 0.29) is 5.91 Å². The summed E-state index contributed by atoms with van der Waals surface area (Å²) in [6.45, 7) is 5.22. The summed E-state index contributed by atoms with van der Waals surface area (Å²) in [4.78, 5) is 13.7. The predicted molar refractivity (Wildman–Crippen MR) is 72.6 cm³/mol. The first-order valence-electron chi connectivity index (χ1n) is 6.78. The molecule has 0 aromatic heterocycles. The first-order chi connectivity index (χ1) is 9.33. The van der Waals surface area contributed by atoms with Crippen molar-refractivity contribution in [1.29, 1.82) is 0 Å². The molecule has 0 atom stereocenters. The molecule has 0 aliphatic carbocycles. The Labute approximate surface area is 113 Å². The summed E-state index contributed by atoms with van der Waals surface area (Å²) in [5.41, 5.74) is 5.27. The zero-order chi connectivity index (χ0) is 13.1. The van der Waals surface area contributed by atoms with Crippen LogP contribution >= 0.6 is 0 Å². The molecule has 2 aliphatic rings. The molecule has 0 bridgehead atoms. The van der Waals surface area contributed by atoms with Gasteiger partial charge in [0.1, 0.15) is 0 Å². The van der Waals surface area contributed by atoms with Crippen LogP contribution in [0.1, 0.15) is 12.0 Å². The number of nitrogens with zero attached hydrogens (tertiary/aromatic N) is 2. The molecule has 1 amide bonds. The highest BCUT2D eigenvalue weighted by molar-refractivity contribution is 5.81. The molecule has 5 nitrogen and oxygen atoms in total. The maximum absolute atomic E-state index is 11.3. The molecule has 2 fully saturated rings. The zero-order valence-corrected chi connectivity index (χ0v) is 11.0. The van der Waals surface area contributed by atoms with Gasteiger partial charge in [-0.25, -0.2) is 0 Å². The first kappa shape index (κ1) is 12.4. The number of benzene rings is 1. The molecule has 0 saturated carbocycles. The van der Waals surface area contributed by atoms with Gasteiger partial charge < -0.3 is 4.74 Å². The van der Waals surface area contributed by atoms with E-state index in [9.17, 15) is 4.79 Å². The molecule has 2 aliphatic heterocycles. The number of ether oxygens (including phenoxy) is 1. The van der Waals surface area contributed by atoms with Crippen LogP contribution < -0.4 is 10.4 Å². The number of carbonyl (C=O) groups is 1. The minimum atomic E-state index is 0.0983. The molecular formula is C14H19N3O2. The summed E-state index contributed by atoms with van der Waals surface area (Å²) in [6, 6.07) is 8.27. The standard InChI is InChI=1S/C14H19N3O2/c18-14-5-6-17(15-14)13-4-2-1-3-12(13)11-16-7-9-19-10-8-16/h1-4H,5-11H2,(H,15,18). The first-order valence-corrected chi connectivity index (χ1v) is 6.78. The maximum atomic E-state index is 11.3. The van der Waals surface area contributed by atoms with Gasteiger partial charge >= 0.3 is 0 Å². The molecule has 19 heavy (non-hydrogen) atoms. The summed E-state index contributed by atoms with van der Waals surface area (Å²) in [5.74, 6) is 0.0983. The lowest BCUT2D eigenvalue weighted by molar-refractivity contribution is -0.119. The Hall–Kier alpha value is -1.59. The van der Waals surface area contributed by atoms with E-state index >= 15 is 0 Å². The summed E-state index contributed by atoms with van der Waals surface area (Å²) >= 11 is 0. The van der Waals surface area contributed by atoms with E-state index in [2.05, 4.69) is 28.5 Å². The number of hydrogen-bond donors (Lipinski definition) is 1. The average molecular weight is 261 g/mol. The fourth-order valence-electron chi connectivity index (χ4n) is 2.56. The van der Waals surface area contributed by atoms with Gasteiger partial charge in [-0.05, 0) is 11.6 Å². The van der Waals surface area contributed by atoms with Crippen molar-refractivity contribution in [3.63, 3.8) is 0 Å². The molecule has 2 saturated heterocycles. The fraction of sp³-hybridized carbons (Fsp3) is 0.500. The van der Waals surface area contributed by atoms with Crippen molar-refractivity contribution in [2.45, 2.75) is 13.0 Å². The van der Waals surface area contributed by atoms with Crippen LogP contribution in [-0.2, 0) is 16.1 Å². The highest BCUT2D eigenvalue weighted by Gasteiger charge is 2.21. The van der Waals surface area contributed by atoms with Gasteiger partial charge in [-0.3, -0.25) is 20.1 Å². The minimum absolute atomic E-state index is 0.0983. The highest BCUT2D eigenvalue weighted by Crippen LogP contribution is 2.23. The lowest BCUT2D eigenvalue weighted by Crippen LogP contribution is -2.37. The van der Waals surface area contributed by atoms with Gasteiger partial charge in [-0.1, -0.05) is 18.2 Å². The topological polar surface area (TPSA) is 44.8 Å². The predicted octanol–water partition coefficient (Wildman–Crippen LogP) is 0.760. The monoisotopic (exact) mass is 261 g/mol. The summed E-state index contributed by atoms with van der Waals surface area (Å²) in [5, 5.41) is 1.96. The second-order valence-corrected chi connectivity index (χ2v) is 4.95. The number of hydrazine groups is 1. The lowest BCUT2D eigenvalue weighted by atomic mass is 10.1. The van der Waals surface area contributed by atoms with Gasteiger partial charge in [0.15, 0.2) is 0 Å². The molecule has 5 heteroatoms. The second-order valence-electron chi connectivity index (χ2n) is 4.95. The van der Waals surface area contributed by atoms with E-state index in [1.54, 1.807) is 0 Å². The van der Waals surface area contributed by atoms with Gasteiger partial charge in [0.2, 0.25) is 5.91 Å². The van der Waals surface area contributed by atoms with Gasteiger partial charge in [0, 0.05) is 32.6 Å². The molecule has 102 valence electrons. The normalized spacial score (nSPS) is 20.6. The number of amides is 1. The molecule has 1 aromatic rings. The Morgan fingerprint density at radius 2 is 1.95 bits per heavy atom. The van der Waals surface area contributed by atoms with Crippen LogP contribution in [0.4, 0.5) is 5.69 Å². The van der Waals surface area contributed by atoms with Crippen LogP contribution in [0.5, 0.6) is 0 Å². The average Bonchev–Trinajstić information content (AvgIpc) is 2.87. The van der Waals surface area contributed by atoms with Crippen LogP contribution in [-0.4, -0.2) is 43.7 Å². The quantitative estimate of drug-likeness (QED) is 0.872. The van der Waals surface area contributed by atoms with Crippen molar-refractivity contribution < 1.29 is 9.53 Å². The number of morpholine rings is 1. The van der Waals surface area contributed by atoms with Crippen molar-refractivity contribution >= 4 is 11.6 Å². The Morgan fingerprint density at radius 1 is 1.16 bits per heavy atom. The smallest absolute Gasteiger partial charge is 0.240 e. The van der Waals surface area contributed by atoms with Crippen LogP contribution in [0.15, 0.2) is 24.3 Å². The molecule has 0 spiro atoms. The Bertz CT molecular complexity index is 458. The van der Waals surface area contributed by atoms with Crippen molar-refractivity contribution in [2.24, 2.45) is 0 Å². The number of rotatable bonds is 3. The van der Waals surface area contributed by atoms with Gasteiger partial charge in [0.25, 0.3) is 0 Å². The Balaban J connectivity index is 1.75. The van der Waals surface area contributed by atoms with Crippen molar-refractivity contribution in [3.8, 4) is 0 Å². The largest absolute Gasteiger partial charge is 0.379 e. The number of anilines is 1. The van der Waals surface area contributed by atoms with Gasteiger partial charge in [0.05, 0.1) is 18.9 Å². The van der Waals surface area contributed by atoms with Crippen molar-refractivity contribution in [2.75, 3.05) is 37.9 Å². The van der Waals surface area contributed by atoms with E-state index in [4.69, 9.17) is 4.74 Å². The minimum Gasteiger partial charge on any atom is -0.379 e. The molecule has 3 rings (SSSR count). The third-order valence-corrected chi connectivity index (χ3v) is 3.60. The second kappa shape index (κ2) is 5.59. The van der Waals surface area contributed by atoms with Crippen LogP contribution in [0.2, 0.25) is 0 Å². The molecule has 0 unspecified atom stereocenters. The molecule has 2 heterocycles. The van der Waals surface area contributed by atoms with Gasteiger partial charge in [-0.15, -0.1) is 0 Å². The zero-order valence-electron chi connectivity index (χ0n) is 11.0. The maximum Gasteiger partial charge on any atom is 0.240 e. The third kappa shape index (κ3) is 2.88. The van der Waals surface area contributed by atoms with E-state index in [0.717, 1.165) is 45.1 Å². The Morgan fingerprint density at radius 3 is 2.68 bits per heavy atom. The highest BCUT2D eigenvalue weighted by atomic mass is 16.5. The van der Waals surface area contributed by atoms with E-state index in [0.29, 0.717) is 6.42 Å². The number of hydrogen-bond acceptors (Lipinski definition) is 4. The van der Waals surface area contributed by atoms with E-state index < -0.39 is 0 Å². The summed E-state index contributed by atoms with van der Waals surface area (Å²) in [6.07, 6.45) is 0.575. The van der Waals surface area contributed by atoms with Crippen LogP contribution in [0.25, 0.3) is 0 Å². The third-order valence-electron chi connectivity index (χ3n) is 3.60. The number of carbonyl (C=O) groups excluding carboxylic acids is 1. The van der Waals surface area contributed by atoms with Crippen LogP contribution in [0.3, 0.4) is 0 Å². The van der Waals surface area contributed by atoms with E-state index in [1.165, 1.54) is 5.56 Å². The molecule has 1 N–H and O–H groups in total. The van der Waals surface area contributed by atoms with Crippen molar-refractivity contribution in [3.05, 3.63) is 29.8 Å². The Kier molecular flexibility index (Phi) is 3.66. The lowest BCUT2D eigenvalue weighted by Gasteiger charge is -2.29. The number of para-hydroxylation sites is 1. The SMILES string of the molecule is O=C1CCN(c2ccccc2CN2CCOCC2)N1. The fourth-order valence-corrected chi connectivity index (χ4v) is 2.56. The van der Waals surface area contributed by atoms with E-state index in [1.807, 2.05) is 11.1 Å².